The van der Waals surface area contributed by atoms with E-state index < -0.39 is 0 Å². The standard InChI is InChI=1S/C39H73NO3/c1-4-6-8-10-12-14-16-18-20-22-24-26-28-30-32-34-38(41)40(3)36-37-43-39(42)35-33-31-29-27-25-23-21-19-17-15-13-11-9-7-5-2/h18-21H,4-17,22-37H2,1-3H3. The first-order valence-corrected chi connectivity index (χ1v) is 18.8. The molecule has 1 amide bonds. The largest absolute Gasteiger partial charge is 0.464 e. The fourth-order valence-corrected chi connectivity index (χ4v) is 5.37. The maximum absolute atomic E-state index is 12.4. The van der Waals surface area contributed by atoms with Crippen LogP contribution in [0.2, 0.25) is 0 Å². The van der Waals surface area contributed by atoms with Crippen LogP contribution in [0, 0.1) is 0 Å². The van der Waals surface area contributed by atoms with Gasteiger partial charge in [-0.2, -0.15) is 0 Å². The molecule has 0 rings (SSSR count). The molecule has 0 bridgehead atoms. The lowest BCUT2D eigenvalue weighted by Gasteiger charge is -2.17. The van der Waals surface area contributed by atoms with Crippen molar-refractivity contribution in [2.75, 3.05) is 20.2 Å². The van der Waals surface area contributed by atoms with Crippen molar-refractivity contribution in [3.05, 3.63) is 24.3 Å². The highest BCUT2D eigenvalue weighted by Gasteiger charge is 2.09. The molecule has 0 atom stereocenters. The van der Waals surface area contributed by atoms with Crippen LogP contribution in [0.25, 0.3) is 0 Å². The molecule has 0 radical (unpaired) electrons. The highest BCUT2D eigenvalue weighted by Crippen LogP contribution is 2.12. The van der Waals surface area contributed by atoms with Gasteiger partial charge in [0, 0.05) is 19.9 Å². The van der Waals surface area contributed by atoms with Crippen molar-refractivity contribution >= 4 is 11.9 Å². The second-order valence-electron chi connectivity index (χ2n) is 12.7. The molecule has 4 nitrogen and oxygen atoms in total. The number of hydrogen-bond donors (Lipinski definition) is 0. The minimum atomic E-state index is -0.129. The fraction of sp³-hybridized carbons (Fsp3) is 0.846. The van der Waals surface area contributed by atoms with E-state index in [2.05, 4.69) is 38.2 Å². The van der Waals surface area contributed by atoms with Crippen molar-refractivity contribution < 1.29 is 14.3 Å². The molecule has 4 heteroatoms. The minimum absolute atomic E-state index is 0.129. The van der Waals surface area contributed by atoms with Gasteiger partial charge in [-0.05, 0) is 64.2 Å². The summed E-state index contributed by atoms with van der Waals surface area (Å²) < 4.78 is 5.37. The highest BCUT2D eigenvalue weighted by atomic mass is 16.5. The van der Waals surface area contributed by atoms with Crippen molar-refractivity contribution in [3.63, 3.8) is 0 Å². The SMILES string of the molecule is CCCCCCCCC=CCCCCCCCC(=O)OCCN(C)C(=O)CCCCCCCC=CCCCCCCCC. The highest BCUT2D eigenvalue weighted by molar-refractivity contribution is 5.75. The van der Waals surface area contributed by atoms with Crippen LogP contribution in [0.5, 0.6) is 0 Å². The summed E-state index contributed by atoms with van der Waals surface area (Å²) in [5.41, 5.74) is 0. The van der Waals surface area contributed by atoms with E-state index in [-0.39, 0.29) is 11.9 Å². The Morgan fingerprint density at radius 1 is 0.488 bits per heavy atom. The van der Waals surface area contributed by atoms with Crippen LogP contribution < -0.4 is 0 Å². The molecular weight excluding hydrogens is 530 g/mol. The molecule has 0 aromatic rings. The summed E-state index contributed by atoms with van der Waals surface area (Å²) in [6.07, 6.45) is 43.2. The summed E-state index contributed by atoms with van der Waals surface area (Å²) >= 11 is 0. The third-order valence-corrected chi connectivity index (χ3v) is 8.41. The third-order valence-electron chi connectivity index (χ3n) is 8.41. The van der Waals surface area contributed by atoms with Gasteiger partial charge in [0.25, 0.3) is 0 Å². The van der Waals surface area contributed by atoms with E-state index in [0.29, 0.717) is 26.0 Å². The zero-order valence-electron chi connectivity index (χ0n) is 29.2. The Kier molecular flexibility index (Phi) is 33.6. The predicted molar refractivity (Wildman–Crippen MR) is 187 cm³/mol. The van der Waals surface area contributed by atoms with Gasteiger partial charge in [0.2, 0.25) is 5.91 Å². The maximum Gasteiger partial charge on any atom is 0.305 e. The van der Waals surface area contributed by atoms with Crippen LogP contribution in [0.4, 0.5) is 0 Å². The number of amides is 1. The summed E-state index contributed by atoms with van der Waals surface area (Å²) in [4.78, 5) is 26.1. The lowest BCUT2D eigenvalue weighted by molar-refractivity contribution is -0.145. The first kappa shape index (κ1) is 41.4. The normalized spacial score (nSPS) is 11.6. The zero-order chi connectivity index (χ0) is 31.5. The topological polar surface area (TPSA) is 46.6 Å². The van der Waals surface area contributed by atoms with E-state index in [4.69, 9.17) is 4.74 Å². The van der Waals surface area contributed by atoms with Gasteiger partial charge >= 0.3 is 5.97 Å². The Bertz CT molecular complexity index is 657. The Morgan fingerprint density at radius 3 is 1.26 bits per heavy atom. The summed E-state index contributed by atoms with van der Waals surface area (Å²) in [7, 11) is 1.82. The molecule has 0 aliphatic carbocycles. The van der Waals surface area contributed by atoms with Gasteiger partial charge in [-0.15, -0.1) is 0 Å². The van der Waals surface area contributed by atoms with E-state index in [1.165, 1.54) is 141 Å². The summed E-state index contributed by atoms with van der Waals surface area (Å²) in [6, 6.07) is 0. The predicted octanol–water partition coefficient (Wildman–Crippen LogP) is 12.1. The lowest BCUT2D eigenvalue weighted by atomic mass is 10.1. The number of ether oxygens (including phenoxy) is 1. The average Bonchev–Trinajstić information content (AvgIpc) is 3.00. The second-order valence-corrected chi connectivity index (χ2v) is 12.7. The van der Waals surface area contributed by atoms with Crippen molar-refractivity contribution in [2.24, 2.45) is 0 Å². The van der Waals surface area contributed by atoms with E-state index in [0.717, 1.165) is 25.7 Å². The number of hydrogen-bond acceptors (Lipinski definition) is 3. The molecule has 0 aromatic carbocycles. The van der Waals surface area contributed by atoms with E-state index in [9.17, 15) is 9.59 Å². The molecule has 0 fully saturated rings. The van der Waals surface area contributed by atoms with Crippen molar-refractivity contribution in [3.8, 4) is 0 Å². The van der Waals surface area contributed by atoms with Crippen LogP contribution in [0.15, 0.2) is 24.3 Å². The number of carbonyl (C=O) groups is 2. The van der Waals surface area contributed by atoms with E-state index in [1.807, 2.05) is 7.05 Å². The Morgan fingerprint density at radius 2 is 0.837 bits per heavy atom. The summed E-state index contributed by atoms with van der Waals surface area (Å²) in [5, 5.41) is 0. The summed E-state index contributed by atoms with van der Waals surface area (Å²) in [5.74, 6) is 0.0293. The Labute approximate surface area is 268 Å². The minimum Gasteiger partial charge on any atom is -0.464 e. The van der Waals surface area contributed by atoms with Crippen molar-refractivity contribution in [1.29, 1.82) is 0 Å². The van der Waals surface area contributed by atoms with Gasteiger partial charge in [0.05, 0.1) is 6.54 Å². The van der Waals surface area contributed by atoms with Crippen molar-refractivity contribution in [2.45, 2.75) is 194 Å². The molecule has 0 aromatic heterocycles. The van der Waals surface area contributed by atoms with Gasteiger partial charge in [0.15, 0.2) is 0 Å². The van der Waals surface area contributed by atoms with Crippen LogP contribution in [-0.2, 0) is 14.3 Å². The Hall–Kier alpha value is -1.58. The molecule has 0 heterocycles. The molecule has 43 heavy (non-hydrogen) atoms. The third kappa shape index (κ3) is 33.2. The van der Waals surface area contributed by atoms with Crippen LogP contribution in [0.3, 0.4) is 0 Å². The van der Waals surface area contributed by atoms with Gasteiger partial charge in [-0.3, -0.25) is 9.59 Å². The molecular formula is C39H73NO3. The fourth-order valence-electron chi connectivity index (χ4n) is 5.37. The number of rotatable bonds is 33. The molecule has 0 aliphatic heterocycles. The van der Waals surface area contributed by atoms with Crippen LogP contribution in [0.1, 0.15) is 194 Å². The van der Waals surface area contributed by atoms with Gasteiger partial charge in [-0.25, -0.2) is 0 Å². The second kappa shape index (κ2) is 34.9. The van der Waals surface area contributed by atoms with E-state index >= 15 is 0 Å². The summed E-state index contributed by atoms with van der Waals surface area (Å²) in [6.45, 7) is 5.33. The lowest BCUT2D eigenvalue weighted by Crippen LogP contribution is -2.30. The van der Waals surface area contributed by atoms with Gasteiger partial charge in [0.1, 0.15) is 6.61 Å². The molecule has 0 spiro atoms. The molecule has 0 saturated heterocycles. The molecule has 0 aliphatic rings. The van der Waals surface area contributed by atoms with Crippen molar-refractivity contribution in [1.82, 2.24) is 4.90 Å². The smallest absolute Gasteiger partial charge is 0.305 e. The quantitative estimate of drug-likeness (QED) is 0.0426. The van der Waals surface area contributed by atoms with E-state index in [1.54, 1.807) is 4.90 Å². The zero-order valence-corrected chi connectivity index (χ0v) is 29.2. The number of esters is 1. The average molecular weight is 604 g/mol. The number of carbonyl (C=O) groups excluding carboxylic acids is 2. The van der Waals surface area contributed by atoms with Gasteiger partial charge in [-0.1, -0.05) is 141 Å². The maximum atomic E-state index is 12.4. The molecule has 0 saturated carbocycles. The van der Waals surface area contributed by atoms with Crippen LogP contribution >= 0.6 is 0 Å². The molecule has 0 N–H and O–H groups in total. The number of nitrogens with zero attached hydrogens (tertiary/aromatic N) is 1. The number of allylic oxidation sites excluding steroid dienone is 4. The Balaban J connectivity index is 3.46. The first-order valence-electron chi connectivity index (χ1n) is 18.8. The van der Waals surface area contributed by atoms with Gasteiger partial charge < -0.3 is 9.64 Å². The molecule has 0 unspecified atom stereocenters. The monoisotopic (exact) mass is 604 g/mol. The first-order chi connectivity index (χ1) is 21.1. The number of likely N-dealkylation sites (N-methyl/N-ethyl adjacent to an activating group) is 1. The number of unbranched alkanes of at least 4 members (excludes halogenated alkanes) is 22. The van der Waals surface area contributed by atoms with Crippen LogP contribution in [-0.4, -0.2) is 37.0 Å². The molecule has 252 valence electrons.